The molecule has 1 amide bonds. The second kappa shape index (κ2) is 5.96. The first-order chi connectivity index (χ1) is 9.47. The summed E-state index contributed by atoms with van der Waals surface area (Å²) in [6.45, 7) is 1.80. The highest BCUT2D eigenvalue weighted by Gasteiger charge is 2.12. The lowest BCUT2D eigenvalue weighted by Gasteiger charge is -2.09. The molecule has 5 nitrogen and oxygen atoms in total. The van der Waals surface area contributed by atoms with E-state index in [9.17, 15) is 9.59 Å². The maximum Gasteiger partial charge on any atom is 0.308 e. The Balaban J connectivity index is 2.03. The van der Waals surface area contributed by atoms with Crippen molar-refractivity contribution in [2.24, 2.45) is 5.92 Å². The Kier molecular flexibility index (Phi) is 4.29. The summed E-state index contributed by atoms with van der Waals surface area (Å²) in [7, 11) is 0. The van der Waals surface area contributed by atoms with Crippen molar-refractivity contribution in [3.05, 3.63) is 35.5 Å². The van der Waals surface area contributed by atoms with Crippen LogP contribution >= 0.6 is 11.6 Å². The Morgan fingerprint density at radius 1 is 1.40 bits per heavy atom. The zero-order valence-corrected chi connectivity index (χ0v) is 11.7. The summed E-state index contributed by atoms with van der Waals surface area (Å²) in [6, 6.07) is 7.38. The normalized spacial score (nSPS) is 12.3. The van der Waals surface area contributed by atoms with Gasteiger partial charge in [0, 0.05) is 23.3 Å². The fourth-order valence-electron chi connectivity index (χ4n) is 1.86. The van der Waals surface area contributed by atoms with Crippen molar-refractivity contribution in [2.75, 3.05) is 6.54 Å². The van der Waals surface area contributed by atoms with Crippen LogP contribution in [0, 0.1) is 5.92 Å². The summed E-state index contributed by atoms with van der Waals surface area (Å²) in [4.78, 5) is 22.5. The number of carbonyl (C=O) groups excluding carboxylic acids is 1. The summed E-state index contributed by atoms with van der Waals surface area (Å²) < 4.78 is 1.78. The van der Waals surface area contributed by atoms with Crippen LogP contribution in [0.15, 0.2) is 30.5 Å². The molecule has 1 aromatic carbocycles. The summed E-state index contributed by atoms with van der Waals surface area (Å²) in [5, 5.41) is 13.0. The van der Waals surface area contributed by atoms with E-state index in [1.165, 1.54) is 0 Å². The van der Waals surface area contributed by atoms with Gasteiger partial charge in [0.2, 0.25) is 5.91 Å². The molecule has 0 aliphatic carbocycles. The number of hydrogen-bond donors (Lipinski definition) is 2. The van der Waals surface area contributed by atoms with Gasteiger partial charge in [0.1, 0.15) is 6.54 Å². The summed E-state index contributed by atoms with van der Waals surface area (Å²) in [5.74, 6) is -1.76. The first kappa shape index (κ1) is 14.4. The van der Waals surface area contributed by atoms with E-state index < -0.39 is 11.9 Å². The van der Waals surface area contributed by atoms with E-state index in [0.717, 1.165) is 10.9 Å². The average Bonchev–Trinajstić information content (AvgIpc) is 2.78. The number of fused-ring (bicyclic) bond motifs is 1. The molecule has 6 heteroatoms. The van der Waals surface area contributed by atoms with Crippen molar-refractivity contribution >= 4 is 34.4 Å². The van der Waals surface area contributed by atoms with E-state index in [2.05, 4.69) is 5.32 Å². The molecule has 0 spiro atoms. The predicted molar refractivity (Wildman–Crippen MR) is 76.8 cm³/mol. The number of carboxylic acids is 1. The lowest BCUT2D eigenvalue weighted by molar-refractivity contribution is -0.141. The summed E-state index contributed by atoms with van der Waals surface area (Å²) in [6.07, 6.45) is 1.81. The van der Waals surface area contributed by atoms with Crippen molar-refractivity contribution in [2.45, 2.75) is 13.5 Å². The molecular formula is C14H15ClN2O3. The zero-order chi connectivity index (χ0) is 14.7. The first-order valence-electron chi connectivity index (χ1n) is 6.21. The van der Waals surface area contributed by atoms with Gasteiger partial charge in [-0.3, -0.25) is 9.59 Å². The van der Waals surface area contributed by atoms with Gasteiger partial charge in [-0.1, -0.05) is 24.6 Å². The second-order valence-electron chi connectivity index (χ2n) is 4.69. The van der Waals surface area contributed by atoms with Crippen LogP contribution in [0.3, 0.4) is 0 Å². The van der Waals surface area contributed by atoms with E-state index in [1.807, 2.05) is 12.1 Å². The van der Waals surface area contributed by atoms with Gasteiger partial charge in [0.05, 0.1) is 5.92 Å². The number of hydrogen-bond acceptors (Lipinski definition) is 2. The number of benzene rings is 1. The van der Waals surface area contributed by atoms with Crippen molar-refractivity contribution in [3.8, 4) is 0 Å². The lowest BCUT2D eigenvalue weighted by Crippen LogP contribution is -2.33. The van der Waals surface area contributed by atoms with E-state index in [1.54, 1.807) is 29.8 Å². The molecule has 0 saturated carbocycles. The number of carbonyl (C=O) groups is 2. The van der Waals surface area contributed by atoms with Gasteiger partial charge < -0.3 is 15.0 Å². The molecule has 20 heavy (non-hydrogen) atoms. The molecule has 106 valence electrons. The van der Waals surface area contributed by atoms with Crippen molar-refractivity contribution < 1.29 is 14.7 Å². The highest BCUT2D eigenvalue weighted by molar-refractivity contribution is 6.31. The fraction of sp³-hybridized carbons (Fsp3) is 0.286. The van der Waals surface area contributed by atoms with Crippen LogP contribution in [0.25, 0.3) is 10.9 Å². The number of aromatic nitrogens is 1. The third-order valence-electron chi connectivity index (χ3n) is 3.08. The number of aliphatic carboxylic acids is 1. The molecule has 2 aromatic rings. The standard InChI is InChI=1S/C14H15ClN2O3/c1-9(14(19)20)7-16-13(18)8-17-5-4-10-2-3-11(15)6-12(10)17/h2-6,9H,7-8H2,1H3,(H,16,18)(H,19,20). The van der Waals surface area contributed by atoms with Crippen LogP contribution in [-0.2, 0) is 16.1 Å². The van der Waals surface area contributed by atoms with Gasteiger partial charge in [-0.05, 0) is 23.6 Å². The SMILES string of the molecule is CC(CNC(=O)Cn1ccc2ccc(Cl)cc21)C(=O)O. The number of amides is 1. The van der Waals surface area contributed by atoms with Crippen molar-refractivity contribution in [1.29, 1.82) is 0 Å². The molecule has 2 rings (SSSR count). The van der Waals surface area contributed by atoms with Crippen LogP contribution in [0.2, 0.25) is 5.02 Å². The number of rotatable bonds is 5. The minimum atomic E-state index is -0.927. The van der Waals surface area contributed by atoms with Crippen LogP contribution in [0.5, 0.6) is 0 Å². The Morgan fingerprint density at radius 3 is 2.85 bits per heavy atom. The van der Waals surface area contributed by atoms with Gasteiger partial charge in [-0.15, -0.1) is 0 Å². The van der Waals surface area contributed by atoms with Gasteiger partial charge in [-0.25, -0.2) is 0 Å². The molecule has 0 radical (unpaired) electrons. The Bertz CT molecular complexity index is 651. The van der Waals surface area contributed by atoms with E-state index in [0.29, 0.717) is 5.02 Å². The first-order valence-corrected chi connectivity index (χ1v) is 6.59. The molecule has 1 heterocycles. The van der Waals surface area contributed by atoms with Crippen molar-refractivity contribution in [3.63, 3.8) is 0 Å². The molecule has 0 aliphatic heterocycles. The van der Waals surface area contributed by atoms with Gasteiger partial charge in [0.25, 0.3) is 0 Å². The van der Waals surface area contributed by atoms with Crippen molar-refractivity contribution in [1.82, 2.24) is 9.88 Å². The third kappa shape index (κ3) is 3.30. The number of halogens is 1. The minimum Gasteiger partial charge on any atom is -0.481 e. The van der Waals surface area contributed by atoms with E-state index in [-0.39, 0.29) is 19.0 Å². The molecule has 1 aromatic heterocycles. The molecule has 0 aliphatic rings. The van der Waals surface area contributed by atoms with Gasteiger partial charge in [-0.2, -0.15) is 0 Å². The largest absolute Gasteiger partial charge is 0.481 e. The maximum atomic E-state index is 11.8. The van der Waals surface area contributed by atoms with Crippen LogP contribution in [0.1, 0.15) is 6.92 Å². The minimum absolute atomic E-state index is 0.119. The Labute approximate surface area is 121 Å². The van der Waals surface area contributed by atoms with Gasteiger partial charge in [0.15, 0.2) is 0 Å². The third-order valence-corrected chi connectivity index (χ3v) is 3.31. The van der Waals surface area contributed by atoms with Gasteiger partial charge >= 0.3 is 5.97 Å². The highest BCUT2D eigenvalue weighted by Crippen LogP contribution is 2.20. The topological polar surface area (TPSA) is 71.3 Å². The Morgan fingerprint density at radius 2 is 2.15 bits per heavy atom. The van der Waals surface area contributed by atoms with Crippen LogP contribution in [0.4, 0.5) is 0 Å². The zero-order valence-electron chi connectivity index (χ0n) is 11.0. The predicted octanol–water partition coefficient (Wildman–Crippen LogP) is 2.13. The fourth-order valence-corrected chi connectivity index (χ4v) is 2.03. The summed E-state index contributed by atoms with van der Waals surface area (Å²) >= 11 is 5.94. The quantitative estimate of drug-likeness (QED) is 0.887. The summed E-state index contributed by atoms with van der Waals surface area (Å²) in [5.41, 5.74) is 0.874. The lowest BCUT2D eigenvalue weighted by atomic mass is 10.2. The smallest absolute Gasteiger partial charge is 0.308 e. The number of carboxylic acid groups (broad SMARTS) is 1. The molecule has 0 saturated heterocycles. The monoisotopic (exact) mass is 294 g/mol. The van der Waals surface area contributed by atoms with E-state index >= 15 is 0 Å². The van der Waals surface area contributed by atoms with Crippen LogP contribution in [-0.4, -0.2) is 28.1 Å². The Hall–Kier alpha value is -2.01. The molecular weight excluding hydrogens is 280 g/mol. The second-order valence-corrected chi connectivity index (χ2v) is 5.13. The van der Waals surface area contributed by atoms with Crippen LogP contribution < -0.4 is 5.32 Å². The highest BCUT2D eigenvalue weighted by atomic mass is 35.5. The molecule has 1 unspecified atom stereocenters. The maximum absolute atomic E-state index is 11.8. The number of nitrogens with one attached hydrogen (secondary N) is 1. The average molecular weight is 295 g/mol. The molecule has 1 atom stereocenters. The van der Waals surface area contributed by atoms with E-state index in [4.69, 9.17) is 16.7 Å². The molecule has 2 N–H and O–H groups in total. The number of nitrogens with zero attached hydrogens (tertiary/aromatic N) is 1. The molecule has 0 bridgehead atoms. The molecule has 0 fully saturated rings.